The van der Waals surface area contributed by atoms with Gasteiger partial charge in [0.15, 0.2) is 18.2 Å². The molecule has 21 heavy (non-hydrogen) atoms. The molecule has 2 saturated heterocycles. The lowest BCUT2D eigenvalue weighted by Crippen LogP contribution is -2.49. The lowest BCUT2D eigenvalue weighted by Gasteiger charge is -2.38. The smallest absolute Gasteiger partial charge is 0.261 e. The average molecular weight is 309 g/mol. The van der Waals surface area contributed by atoms with E-state index in [-0.39, 0.29) is 18.3 Å². The maximum absolute atomic E-state index is 13.5. The monoisotopic (exact) mass is 309 g/mol. The van der Waals surface area contributed by atoms with Crippen molar-refractivity contribution >= 4 is 17.7 Å². The fourth-order valence-corrected chi connectivity index (χ4v) is 4.33. The third-order valence-corrected chi connectivity index (χ3v) is 5.55. The third-order valence-electron chi connectivity index (χ3n) is 4.50. The Hall–Kier alpha value is -1.23. The van der Waals surface area contributed by atoms with Crippen LogP contribution in [0, 0.1) is 5.82 Å². The molecule has 3 nitrogen and oxygen atoms in total. The largest absolute Gasteiger partial charge is 0.481 e. The summed E-state index contributed by atoms with van der Waals surface area (Å²) < 4.78 is 18.9. The van der Waals surface area contributed by atoms with E-state index in [1.54, 1.807) is 18.2 Å². The van der Waals surface area contributed by atoms with E-state index in [0.717, 1.165) is 25.7 Å². The molecule has 2 aliphatic heterocycles. The van der Waals surface area contributed by atoms with Gasteiger partial charge in [-0.25, -0.2) is 4.39 Å². The number of halogens is 1. The van der Waals surface area contributed by atoms with Crippen LogP contribution in [0.5, 0.6) is 5.75 Å². The summed E-state index contributed by atoms with van der Waals surface area (Å²) in [7, 11) is 0. The number of carbonyl (C=O) groups excluding carboxylic acids is 1. The predicted molar refractivity (Wildman–Crippen MR) is 82.1 cm³/mol. The third kappa shape index (κ3) is 3.03. The van der Waals surface area contributed by atoms with Crippen LogP contribution in [0.15, 0.2) is 24.3 Å². The molecular weight excluding hydrogens is 289 g/mol. The van der Waals surface area contributed by atoms with E-state index in [2.05, 4.69) is 6.26 Å². The highest BCUT2D eigenvalue weighted by Gasteiger charge is 2.42. The minimum absolute atomic E-state index is 0.00898. The van der Waals surface area contributed by atoms with Gasteiger partial charge < -0.3 is 9.64 Å². The molecule has 1 aromatic carbocycles. The van der Waals surface area contributed by atoms with E-state index in [1.807, 2.05) is 16.7 Å². The first-order valence-electron chi connectivity index (χ1n) is 7.40. The Bertz CT molecular complexity index is 511. The van der Waals surface area contributed by atoms with Crippen LogP contribution in [-0.4, -0.2) is 41.0 Å². The summed E-state index contributed by atoms with van der Waals surface area (Å²) in [5, 5.41) is 0.666. The Morgan fingerprint density at radius 2 is 2.00 bits per heavy atom. The maximum atomic E-state index is 13.5. The van der Waals surface area contributed by atoms with Crippen LogP contribution in [-0.2, 0) is 4.79 Å². The molecule has 1 aromatic rings. The molecule has 2 heterocycles. The molecule has 2 fully saturated rings. The van der Waals surface area contributed by atoms with Gasteiger partial charge in [0.2, 0.25) is 0 Å². The highest BCUT2D eigenvalue weighted by atomic mass is 32.2. The SMILES string of the molecule is CSC1CC2CCC(C1)N2C(=O)COc1ccccc1F. The Kier molecular flexibility index (Phi) is 4.38. The number of amides is 1. The van der Waals surface area contributed by atoms with Gasteiger partial charge in [0.25, 0.3) is 5.91 Å². The second-order valence-electron chi connectivity index (χ2n) is 5.73. The van der Waals surface area contributed by atoms with Crippen molar-refractivity contribution in [3.8, 4) is 5.75 Å². The quantitative estimate of drug-likeness (QED) is 0.856. The number of thioether (sulfide) groups is 1. The van der Waals surface area contributed by atoms with Gasteiger partial charge in [0.1, 0.15) is 0 Å². The van der Waals surface area contributed by atoms with E-state index in [1.165, 1.54) is 6.07 Å². The molecule has 0 radical (unpaired) electrons. The molecule has 2 bridgehead atoms. The molecule has 0 aliphatic carbocycles. The number of ether oxygens (including phenoxy) is 1. The molecular formula is C16H20FNO2S. The summed E-state index contributed by atoms with van der Waals surface area (Å²) in [6, 6.07) is 6.90. The zero-order valence-electron chi connectivity index (χ0n) is 12.1. The summed E-state index contributed by atoms with van der Waals surface area (Å²) in [6.45, 7) is -0.0716. The molecule has 3 rings (SSSR count). The molecule has 0 N–H and O–H groups in total. The fourth-order valence-electron chi connectivity index (χ4n) is 3.50. The number of fused-ring (bicyclic) bond motifs is 2. The number of para-hydroxylation sites is 1. The van der Waals surface area contributed by atoms with Gasteiger partial charge in [-0.1, -0.05) is 12.1 Å². The van der Waals surface area contributed by atoms with Gasteiger partial charge in [0, 0.05) is 17.3 Å². The van der Waals surface area contributed by atoms with Crippen LogP contribution < -0.4 is 4.74 Å². The predicted octanol–water partition coefficient (Wildman–Crippen LogP) is 3.09. The van der Waals surface area contributed by atoms with Crippen molar-refractivity contribution in [2.75, 3.05) is 12.9 Å². The number of hydrogen-bond donors (Lipinski definition) is 0. The topological polar surface area (TPSA) is 29.5 Å². The van der Waals surface area contributed by atoms with Crippen LogP contribution in [0.2, 0.25) is 0 Å². The Morgan fingerprint density at radius 1 is 1.33 bits per heavy atom. The van der Waals surface area contributed by atoms with Crippen molar-refractivity contribution in [3.63, 3.8) is 0 Å². The van der Waals surface area contributed by atoms with Crippen molar-refractivity contribution in [3.05, 3.63) is 30.1 Å². The number of hydrogen-bond acceptors (Lipinski definition) is 3. The molecule has 114 valence electrons. The number of piperidine rings is 1. The summed E-state index contributed by atoms with van der Waals surface area (Å²) >= 11 is 1.90. The Balaban J connectivity index is 1.60. The summed E-state index contributed by atoms with van der Waals surface area (Å²) in [5.74, 6) is -0.281. The van der Waals surface area contributed by atoms with Gasteiger partial charge in [-0.3, -0.25) is 4.79 Å². The lowest BCUT2D eigenvalue weighted by molar-refractivity contribution is -0.137. The van der Waals surface area contributed by atoms with Crippen molar-refractivity contribution in [1.82, 2.24) is 4.90 Å². The van der Waals surface area contributed by atoms with Crippen molar-refractivity contribution in [2.45, 2.75) is 43.0 Å². The van der Waals surface area contributed by atoms with E-state index in [4.69, 9.17) is 4.74 Å². The molecule has 1 amide bonds. The minimum atomic E-state index is -0.422. The zero-order chi connectivity index (χ0) is 14.8. The number of carbonyl (C=O) groups is 1. The maximum Gasteiger partial charge on any atom is 0.261 e. The molecule has 0 aromatic heterocycles. The van der Waals surface area contributed by atoms with Gasteiger partial charge in [-0.15, -0.1) is 0 Å². The van der Waals surface area contributed by atoms with Crippen molar-refractivity contribution in [1.29, 1.82) is 0 Å². The van der Waals surface area contributed by atoms with Gasteiger partial charge in [-0.2, -0.15) is 11.8 Å². The molecule has 2 atom stereocenters. The van der Waals surface area contributed by atoms with Crippen LogP contribution in [0.1, 0.15) is 25.7 Å². The first-order chi connectivity index (χ1) is 10.2. The van der Waals surface area contributed by atoms with Crippen LogP contribution in [0.4, 0.5) is 4.39 Å². The molecule has 5 heteroatoms. The first kappa shape index (κ1) is 14.7. The highest BCUT2D eigenvalue weighted by molar-refractivity contribution is 7.99. The summed E-state index contributed by atoms with van der Waals surface area (Å²) in [4.78, 5) is 14.4. The van der Waals surface area contributed by atoms with Crippen molar-refractivity contribution in [2.24, 2.45) is 0 Å². The standard InChI is InChI=1S/C16H20FNO2S/c1-21-13-8-11-6-7-12(9-13)18(11)16(19)10-20-15-5-3-2-4-14(15)17/h2-5,11-13H,6-10H2,1H3. The lowest BCUT2D eigenvalue weighted by atomic mass is 10.0. The van der Waals surface area contributed by atoms with E-state index in [9.17, 15) is 9.18 Å². The first-order valence-corrected chi connectivity index (χ1v) is 8.69. The van der Waals surface area contributed by atoms with Crippen LogP contribution in [0.3, 0.4) is 0 Å². The number of benzene rings is 1. The zero-order valence-corrected chi connectivity index (χ0v) is 12.9. The molecule has 0 spiro atoms. The Morgan fingerprint density at radius 3 is 2.62 bits per heavy atom. The normalized spacial score (nSPS) is 27.7. The van der Waals surface area contributed by atoms with E-state index >= 15 is 0 Å². The van der Waals surface area contributed by atoms with E-state index < -0.39 is 5.82 Å². The number of nitrogens with zero attached hydrogens (tertiary/aromatic N) is 1. The molecule has 0 saturated carbocycles. The second-order valence-corrected chi connectivity index (χ2v) is 6.87. The Labute approximate surface area is 128 Å². The molecule has 2 unspecified atom stereocenters. The summed E-state index contributed by atoms with van der Waals surface area (Å²) in [5.41, 5.74) is 0. The minimum Gasteiger partial charge on any atom is -0.481 e. The van der Waals surface area contributed by atoms with Gasteiger partial charge >= 0.3 is 0 Å². The van der Waals surface area contributed by atoms with Crippen LogP contribution >= 0.6 is 11.8 Å². The molecule has 2 aliphatic rings. The second kappa shape index (κ2) is 6.26. The van der Waals surface area contributed by atoms with Crippen molar-refractivity contribution < 1.29 is 13.9 Å². The van der Waals surface area contributed by atoms with Crippen LogP contribution in [0.25, 0.3) is 0 Å². The fraction of sp³-hybridized carbons (Fsp3) is 0.562. The highest BCUT2D eigenvalue weighted by Crippen LogP contribution is 2.39. The van der Waals surface area contributed by atoms with E-state index in [0.29, 0.717) is 17.3 Å². The van der Waals surface area contributed by atoms with Gasteiger partial charge in [0.05, 0.1) is 0 Å². The average Bonchev–Trinajstić information content (AvgIpc) is 2.76. The summed E-state index contributed by atoms with van der Waals surface area (Å²) in [6.07, 6.45) is 6.47. The number of rotatable bonds is 4. The van der Waals surface area contributed by atoms with Gasteiger partial charge in [-0.05, 0) is 44.1 Å².